The van der Waals surface area contributed by atoms with Crippen LogP contribution in [0.4, 0.5) is 0 Å². The summed E-state index contributed by atoms with van der Waals surface area (Å²) in [5.41, 5.74) is 2.96. The van der Waals surface area contributed by atoms with Gasteiger partial charge in [-0.2, -0.15) is 0 Å². The fourth-order valence-corrected chi connectivity index (χ4v) is 2.04. The molecule has 0 aliphatic carbocycles. The van der Waals surface area contributed by atoms with E-state index in [-0.39, 0.29) is 0 Å². The summed E-state index contributed by atoms with van der Waals surface area (Å²) in [6, 6.07) is 20.1. The maximum atomic E-state index is 9.16. The summed E-state index contributed by atoms with van der Waals surface area (Å²) in [6.07, 6.45) is 0.727. The molecule has 0 aromatic heterocycles. The molecule has 2 aromatic carbocycles. The van der Waals surface area contributed by atoms with Gasteiger partial charge in [-0.05, 0) is 17.0 Å². The van der Waals surface area contributed by atoms with Crippen molar-refractivity contribution in [3.8, 4) is 0 Å². The number of hydrogen-bond donors (Lipinski definition) is 1. The Kier molecular flexibility index (Phi) is 4.13. The topological polar surface area (TPSA) is 32.6 Å². The SMILES string of the molecule is CC(C/C(=N\O)c1ccccc1)c1ccccc1. The first-order valence-electron chi connectivity index (χ1n) is 6.12. The van der Waals surface area contributed by atoms with Crippen molar-refractivity contribution in [2.75, 3.05) is 0 Å². The van der Waals surface area contributed by atoms with Gasteiger partial charge in [-0.15, -0.1) is 0 Å². The van der Waals surface area contributed by atoms with Crippen LogP contribution in [0.2, 0.25) is 0 Å². The largest absolute Gasteiger partial charge is 0.411 e. The highest BCUT2D eigenvalue weighted by Crippen LogP contribution is 2.21. The van der Waals surface area contributed by atoms with E-state index < -0.39 is 0 Å². The summed E-state index contributed by atoms with van der Waals surface area (Å²) in [7, 11) is 0. The molecule has 92 valence electrons. The van der Waals surface area contributed by atoms with Crippen molar-refractivity contribution in [2.45, 2.75) is 19.3 Å². The zero-order valence-corrected chi connectivity index (χ0v) is 10.5. The van der Waals surface area contributed by atoms with Gasteiger partial charge < -0.3 is 5.21 Å². The maximum Gasteiger partial charge on any atom is 0.0873 e. The Morgan fingerprint density at radius 2 is 1.56 bits per heavy atom. The minimum atomic E-state index is 0.331. The van der Waals surface area contributed by atoms with Crippen LogP contribution in [-0.4, -0.2) is 10.9 Å². The average Bonchev–Trinajstić information content (AvgIpc) is 2.46. The van der Waals surface area contributed by atoms with E-state index in [1.54, 1.807) is 0 Å². The summed E-state index contributed by atoms with van der Waals surface area (Å²) in [4.78, 5) is 0. The minimum absolute atomic E-state index is 0.331. The minimum Gasteiger partial charge on any atom is -0.411 e. The first-order chi connectivity index (χ1) is 8.81. The molecule has 0 spiro atoms. The molecule has 1 N–H and O–H groups in total. The second-order valence-electron chi connectivity index (χ2n) is 4.43. The number of nitrogens with zero attached hydrogens (tertiary/aromatic N) is 1. The molecule has 2 rings (SSSR count). The normalized spacial score (nSPS) is 13.3. The molecule has 0 fully saturated rings. The van der Waals surface area contributed by atoms with E-state index in [0.29, 0.717) is 5.92 Å². The molecule has 2 aromatic rings. The lowest BCUT2D eigenvalue weighted by molar-refractivity contribution is 0.317. The van der Waals surface area contributed by atoms with Gasteiger partial charge in [0.1, 0.15) is 0 Å². The molecule has 0 amide bonds. The van der Waals surface area contributed by atoms with E-state index in [1.165, 1.54) is 5.56 Å². The van der Waals surface area contributed by atoms with Crippen LogP contribution >= 0.6 is 0 Å². The second-order valence-corrected chi connectivity index (χ2v) is 4.43. The Morgan fingerprint density at radius 1 is 1.00 bits per heavy atom. The molecule has 1 unspecified atom stereocenters. The van der Waals surface area contributed by atoms with Crippen molar-refractivity contribution in [3.05, 3.63) is 71.8 Å². The van der Waals surface area contributed by atoms with E-state index in [2.05, 4.69) is 24.2 Å². The second kappa shape index (κ2) is 6.01. The van der Waals surface area contributed by atoms with Crippen LogP contribution in [0.25, 0.3) is 0 Å². The molecule has 0 aliphatic rings. The maximum absolute atomic E-state index is 9.16. The van der Waals surface area contributed by atoms with Crippen LogP contribution in [0, 0.1) is 0 Å². The summed E-state index contributed by atoms with van der Waals surface area (Å²) < 4.78 is 0. The molecule has 0 bridgehead atoms. The van der Waals surface area contributed by atoms with Gasteiger partial charge in [0.15, 0.2) is 0 Å². The van der Waals surface area contributed by atoms with Crippen LogP contribution in [0.1, 0.15) is 30.4 Å². The molecule has 18 heavy (non-hydrogen) atoms. The number of hydrogen-bond acceptors (Lipinski definition) is 2. The Bertz CT molecular complexity index is 505. The van der Waals surface area contributed by atoms with Gasteiger partial charge in [0.25, 0.3) is 0 Å². The van der Waals surface area contributed by atoms with Gasteiger partial charge in [0, 0.05) is 6.42 Å². The zero-order chi connectivity index (χ0) is 12.8. The number of oxime groups is 1. The lowest BCUT2D eigenvalue weighted by Crippen LogP contribution is -2.06. The van der Waals surface area contributed by atoms with Gasteiger partial charge in [-0.25, -0.2) is 0 Å². The van der Waals surface area contributed by atoms with E-state index in [4.69, 9.17) is 5.21 Å². The highest BCUT2D eigenvalue weighted by atomic mass is 16.4. The third kappa shape index (κ3) is 2.98. The highest BCUT2D eigenvalue weighted by molar-refractivity contribution is 6.00. The molecular formula is C16H17NO. The van der Waals surface area contributed by atoms with Crippen molar-refractivity contribution in [1.29, 1.82) is 0 Å². The number of rotatable bonds is 4. The van der Waals surface area contributed by atoms with Gasteiger partial charge in [0.05, 0.1) is 5.71 Å². The Morgan fingerprint density at radius 3 is 2.11 bits per heavy atom. The molecule has 0 radical (unpaired) electrons. The van der Waals surface area contributed by atoms with E-state index >= 15 is 0 Å². The van der Waals surface area contributed by atoms with Crippen LogP contribution < -0.4 is 0 Å². The van der Waals surface area contributed by atoms with E-state index in [9.17, 15) is 0 Å². The van der Waals surface area contributed by atoms with Crippen LogP contribution in [0.15, 0.2) is 65.8 Å². The summed E-state index contributed by atoms with van der Waals surface area (Å²) in [5.74, 6) is 0.331. The van der Waals surface area contributed by atoms with E-state index in [1.807, 2.05) is 48.5 Å². The Hall–Kier alpha value is -2.09. The fraction of sp³-hybridized carbons (Fsp3) is 0.188. The third-order valence-electron chi connectivity index (χ3n) is 3.10. The predicted molar refractivity (Wildman–Crippen MR) is 74.2 cm³/mol. The monoisotopic (exact) mass is 239 g/mol. The molecule has 0 saturated heterocycles. The van der Waals surface area contributed by atoms with Crippen molar-refractivity contribution in [1.82, 2.24) is 0 Å². The molecule has 1 atom stereocenters. The highest BCUT2D eigenvalue weighted by Gasteiger charge is 2.11. The molecule has 2 nitrogen and oxygen atoms in total. The standard InChI is InChI=1S/C16H17NO/c1-13(14-8-4-2-5-9-14)12-16(17-18)15-10-6-3-7-11-15/h2-11,13,18H,12H2,1H3/b17-16+. The van der Waals surface area contributed by atoms with Gasteiger partial charge in [-0.1, -0.05) is 72.7 Å². The molecule has 0 saturated carbocycles. The first kappa shape index (κ1) is 12.4. The summed E-state index contributed by atoms with van der Waals surface area (Å²) in [5, 5.41) is 12.6. The first-order valence-corrected chi connectivity index (χ1v) is 6.12. The quantitative estimate of drug-likeness (QED) is 0.487. The smallest absolute Gasteiger partial charge is 0.0873 e. The number of benzene rings is 2. The van der Waals surface area contributed by atoms with E-state index in [0.717, 1.165) is 17.7 Å². The van der Waals surface area contributed by atoms with Gasteiger partial charge >= 0.3 is 0 Å². The molecule has 2 heteroatoms. The summed E-state index contributed by atoms with van der Waals surface area (Å²) >= 11 is 0. The average molecular weight is 239 g/mol. The van der Waals surface area contributed by atoms with Crippen molar-refractivity contribution < 1.29 is 5.21 Å². The van der Waals surface area contributed by atoms with Crippen molar-refractivity contribution in [3.63, 3.8) is 0 Å². The van der Waals surface area contributed by atoms with Crippen molar-refractivity contribution in [2.24, 2.45) is 5.16 Å². The Balaban J connectivity index is 2.13. The third-order valence-corrected chi connectivity index (χ3v) is 3.10. The van der Waals surface area contributed by atoms with Crippen LogP contribution in [0.5, 0.6) is 0 Å². The predicted octanol–water partition coefficient (Wildman–Crippen LogP) is 4.06. The van der Waals surface area contributed by atoms with Crippen LogP contribution in [-0.2, 0) is 0 Å². The zero-order valence-electron chi connectivity index (χ0n) is 10.5. The molecule has 0 heterocycles. The van der Waals surface area contributed by atoms with Gasteiger partial charge in [-0.3, -0.25) is 0 Å². The molecule has 0 aliphatic heterocycles. The van der Waals surface area contributed by atoms with Crippen LogP contribution in [0.3, 0.4) is 0 Å². The lowest BCUT2D eigenvalue weighted by Gasteiger charge is -2.12. The lowest BCUT2D eigenvalue weighted by atomic mass is 9.93. The Labute approximate surface area is 108 Å². The fourth-order valence-electron chi connectivity index (χ4n) is 2.04. The molecular weight excluding hydrogens is 222 g/mol. The van der Waals surface area contributed by atoms with Crippen molar-refractivity contribution >= 4 is 5.71 Å². The van der Waals surface area contributed by atoms with Gasteiger partial charge in [0.2, 0.25) is 0 Å². The summed E-state index contributed by atoms with van der Waals surface area (Å²) in [6.45, 7) is 2.14.